The van der Waals surface area contributed by atoms with Crippen molar-refractivity contribution in [3.8, 4) is 0 Å². The lowest BCUT2D eigenvalue weighted by Gasteiger charge is -2.14. The molecular formula is C21H21N3O6. The summed E-state index contributed by atoms with van der Waals surface area (Å²) >= 11 is 0. The van der Waals surface area contributed by atoms with Gasteiger partial charge < -0.3 is 10.1 Å². The topological polar surface area (TPSA) is 119 Å². The van der Waals surface area contributed by atoms with Crippen LogP contribution in [-0.2, 0) is 22.7 Å². The minimum absolute atomic E-state index is 0.0696. The van der Waals surface area contributed by atoms with Crippen LogP contribution in [0.5, 0.6) is 0 Å². The number of hydrogen-bond acceptors (Lipinski definition) is 6. The Morgan fingerprint density at radius 1 is 1.13 bits per heavy atom. The minimum Gasteiger partial charge on any atom is -0.374 e. The first kappa shape index (κ1) is 21.1. The van der Waals surface area contributed by atoms with Crippen LogP contribution in [0.4, 0.5) is 5.69 Å². The van der Waals surface area contributed by atoms with E-state index >= 15 is 0 Å². The van der Waals surface area contributed by atoms with Gasteiger partial charge >= 0.3 is 0 Å². The van der Waals surface area contributed by atoms with Crippen molar-refractivity contribution in [2.75, 3.05) is 6.54 Å². The zero-order valence-electron chi connectivity index (χ0n) is 16.6. The molecule has 0 aliphatic carbocycles. The molecule has 3 amide bonds. The lowest BCUT2D eigenvalue weighted by Crippen LogP contribution is -2.40. The van der Waals surface area contributed by atoms with Gasteiger partial charge in [0.25, 0.3) is 17.5 Å². The van der Waals surface area contributed by atoms with E-state index in [0.717, 1.165) is 22.1 Å². The van der Waals surface area contributed by atoms with Crippen LogP contribution < -0.4 is 5.32 Å². The van der Waals surface area contributed by atoms with Gasteiger partial charge in [0.1, 0.15) is 12.1 Å². The summed E-state index contributed by atoms with van der Waals surface area (Å²) in [5.41, 5.74) is 1.00. The molecule has 0 aromatic heterocycles. The normalized spacial score (nSPS) is 13.0. The Balaban J connectivity index is 1.63. The fourth-order valence-electron chi connectivity index (χ4n) is 3.10. The Labute approximate surface area is 172 Å². The number of nitro benzene ring substituents is 1. The second-order valence-corrected chi connectivity index (χ2v) is 7.11. The molecule has 9 nitrogen and oxygen atoms in total. The first-order valence-corrected chi connectivity index (χ1v) is 9.37. The van der Waals surface area contributed by atoms with Gasteiger partial charge in [-0.05, 0) is 31.0 Å². The molecule has 9 heteroatoms. The predicted molar refractivity (Wildman–Crippen MR) is 107 cm³/mol. The van der Waals surface area contributed by atoms with Crippen LogP contribution >= 0.6 is 0 Å². The number of nitrogens with one attached hydrogen (secondary N) is 1. The van der Waals surface area contributed by atoms with E-state index < -0.39 is 34.9 Å². The monoisotopic (exact) mass is 411 g/mol. The maximum Gasteiger partial charge on any atom is 0.282 e. The van der Waals surface area contributed by atoms with Gasteiger partial charge in [-0.25, -0.2) is 0 Å². The number of hydrogen-bond donors (Lipinski definition) is 1. The Hall–Kier alpha value is -3.59. The summed E-state index contributed by atoms with van der Waals surface area (Å²) in [6.45, 7) is 4.03. The number of amides is 3. The minimum atomic E-state index is -0.842. The summed E-state index contributed by atoms with van der Waals surface area (Å²) in [6.07, 6.45) is 0.101. The Bertz CT molecular complexity index is 1020. The Morgan fingerprint density at radius 3 is 2.53 bits per heavy atom. The van der Waals surface area contributed by atoms with E-state index in [1.807, 2.05) is 38.1 Å². The molecule has 2 aromatic carbocycles. The van der Waals surface area contributed by atoms with E-state index in [9.17, 15) is 24.5 Å². The van der Waals surface area contributed by atoms with E-state index in [1.165, 1.54) is 12.1 Å². The van der Waals surface area contributed by atoms with Crippen molar-refractivity contribution in [2.45, 2.75) is 33.1 Å². The molecule has 2 aromatic rings. The summed E-state index contributed by atoms with van der Waals surface area (Å²) < 4.78 is 5.56. The molecule has 0 fully saturated rings. The van der Waals surface area contributed by atoms with E-state index in [1.54, 1.807) is 0 Å². The number of ether oxygens (including phenoxy) is 1. The summed E-state index contributed by atoms with van der Waals surface area (Å²) in [5, 5.41) is 13.8. The number of fused-ring (bicyclic) bond motifs is 1. The third-order valence-corrected chi connectivity index (χ3v) is 4.54. The third-order valence-electron chi connectivity index (χ3n) is 4.54. The van der Waals surface area contributed by atoms with Gasteiger partial charge in [-0.2, -0.15) is 0 Å². The highest BCUT2D eigenvalue weighted by Crippen LogP contribution is 2.30. The number of carbonyl (C=O) groups is 3. The fraction of sp³-hybridized carbons (Fsp3) is 0.286. The molecule has 0 saturated heterocycles. The van der Waals surface area contributed by atoms with E-state index in [-0.39, 0.29) is 23.8 Å². The van der Waals surface area contributed by atoms with Crippen molar-refractivity contribution in [2.24, 2.45) is 0 Å². The average Bonchev–Trinajstić information content (AvgIpc) is 2.96. The van der Waals surface area contributed by atoms with E-state index in [2.05, 4.69) is 5.32 Å². The third kappa shape index (κ3) is 4.52. The smallest absolute Gasteiger partial charge is 0.282 e. The molecule has 0 radical (unpaired) electrons. The van der Waals surface area contributed by atoms with Crippen LogP contribution in [0.1, 0.15) is 45.7 Å². The van der Waals surface area contributed by atoms with E-state index in [0.29, 0.717) is 6.61 Å². The van der Waals surface area contributed by atoms with Gasteiger partial charge in [0, 0.05) is 12.6 Å². The number of nitrogens with zero attached hydrogens (tertiary/aromatic N) is 2. The summed E-state index contributed by atoms with van der Waals surface area (Å²) in [7, 11) is 0. The predicted octanol–water partition coefficient (Wildman–Crippen LogP) is 2.43. The maximum absolute atomic E-state index is 12.5. The van der Waals surface area contributed by atoms with Crippen molar-refractivity contribution >= 4 is 23.4 Å². The molecule has 1 aliphatic rings. The van der Waals surface area contributed by atoms with Crippen LogP contribution in [0.3, 0.4) is 0 Å². The van der Waals surface area contributed by atoms with Crippen molar-refractivity contribution in [1.29, 1.82) is 0 Å². The van der Waals surface area contributed by atoms with Gasteiger partial charge in [0.15, 0.2) is 0 Å². The maximum atomic E-state index is 12.5. The number of benzene rings is 2. The summed E-state index contributed by atoms with van der Waals surface area (Å²) in [5.74, 6) is -2.11. The molecule has 0 spiro atoms. The molecule has 1 N–H and O–H groups in total. The SMILES string of the molecule is CC(C)OCc1cccc(CNC(=O)CN2C(=O)c3cccc([N+](=O)[O-])c3C2=O)c1. The van der Waals surface area contributed by atoms with Gasteiger partial charge in [-0.3, -0.25) is 29.4 Å². The highest BCUT2D eigenvalue weighted by Gasteiger charge is 2.41. The number of rotatable bonds is 8. The highest BCUT2D eigenvalue weighted by molar-refractivity contribution is 6.24. The Kier molecular flexibility index (Phi) is 6.22. The van der Waals surface area contributed by atoms with Gasteiger partial charge in [-0.1, -0.05) is 30.3 Å². The second kappa shape index (κ2) is 8.83. The zero-order chi connectivity index (χ0) is 21.8. The first-order valence-electron chi connectivity index (χ1n) is 9.37. The zero-order valence-corrected chi connectivity index (χ0v) is 16.6. The molecule has 156 valence electrons. The number of carbonyl (C=O) groups excluding carboxylic acids is 3. The molecular weight excluding hydrogens is 390 g/mol. The van der Waals surface area contributed by atoms with Gasteiger partial charge in [0.05, 0.1) is 23.2 Å². The quantitative estimate of drug-likeness (QED) is 0.405. The molecule has 1 heterocycles. The molecule has 0 unspecified atom stereocenters. The highest BCUT2D eigenvalue weighted by atomic mass is 16.6. The van der Waals surface area contributed by atoms with Crippen LogP contribution in [0, 0.1) is 10.1 Å². The molecule has 0 atom stereocenters. The fourth-order valence-corrected chi connectivity index (χ4v) is 3.10. The lowest BCUT2D eigenvalue weighted by molar-refractivity contribution is -0.385. The second-order valence-electron chi connectivity index (χ2n) is 7.11. The largest absolute Gasteiger partial charge is 0.374 e. The average molecular weight is 411 g/mol. The molecule has 3 rings (SSSR count). The van der Waals surface area contributed by atoms with Crippen LogP contribution in [0.25, 0.3) is 0 Å². The molecule has 0 bridgehead atoms. The van der Waals surface area contributed by atoms with Crippen LogP contribution in [0.15, 0.2) is 42.5 Å². The molecule has 30 heavy (non-hydrogen) atoms. The standard InChI is InChI=1S/C21H21N3O6/c1-13(2)30-12-15-6-3-5-14(9-15)10-22-18(25)11-23-20(26)16-7-4-8-17(24(28)29)19(16)21(23)27/h3-9,13H,10-12H2,1-2H3,(H,22,25). The van der Waals surface area contributed by atoms with Crippen molar-refractivity contribution < 1.29 is 24.0 Å². The van der Waals surface area contributed by atoms with E-state index in [4.69, 9.17) is 4.74 Å². The number of nitro groups is 1. The molecule has 1 aliphatic heterocycles. The van der Waals surface area contributed by atoms with Crippen molar-refractivity contribution in [3.63, 3.8) is 0 Å². The summed E-state index contributed by atoms with van der Waals surface area (Å²) in [4.78, 5) is 48.4. The molecule has 0 saturated carbocycles. The number of imide groups is 1. The lowest BCUT2D eigenvalue weighted by atomic mass is 10.1. The summed E-state index contributed by atoms with van der Waals surface area (Å²) in [6, 6.07) is 11.3. The van der Waals surface area contributed by atoms with Crippen molar-refractivity contribution in [1.82, 2.24) is 10.2 Å². The van der Waals surface area contributed by atoms with Crippen LogP contribution in [-0.4, -0.2) is 40.2 Å². The van der Waals surface area contributed by atoms with Gasteiger partial charge in [-0.15, -0.1) is 0 Å². The van der Waals surface area contributed by atoms with Crippen molar-refractivity contribution in [3.05, 3.63) is 74.8 Å². The van der Waals surface area contributed by atoms with Gasteiger partial charge in [0.2, 0.25) is 5.91 Å². The Morgan fingerprint density at radius 2 is 1.83 bits per heavy atom. The van der Waals surface area contributed by atoms with Crippen LogP contribution in [0.2, 0.25) is 0 Å². The first-order chi connectivity index (χ1) is 14.3.